The zero-order valence-corrected chi connectivity index (χ0v) is 13.7. The maximum absolute atomic E-state index is 12.0. The highest BCUT2D eigenvalue weighted by Crippen LogP contribution is 2.29. The van der Waals surface area contributed by atoms with Crippen molar-refractivity contribution in [3.63, 3.8) is 0 Å². The molecule has 0 aliphatic carbocycles. The van der Waals surface area contributed by atoms with E-state index in [1.807, 2.05) is 36.4 Å². The van der Waals surface area contributed by atoms with Crippen LogP contribution in [0.25, 0.3) is 0 Å². The van der Waals surface area contributed by atoms with Gasteiger partial charge in [-0.3, -0.25) is 9.59 Å². The van der Waals surface area contributed by atoms with Gasteiger partial charge in [-0.05, 0) is 43.2 Å². The molecule has 0 radical (unpaired) electrons. The smallest absolute Gasteiger partial charge is 0.316 e. The third-order valence-corrected chi connectivity index (χ3v) is 4.69. The lowest BCUT2D eigenvalue weighted by Gasteiger charge is -2.26. The van der Waals surface area contributed by atoms with Crippen LogP contribution in [-0.4, -0.2) is 11.9 Å². The Morgan fingerprint density at radius 1 is 0.708 bits per heavy atom. The second-order valence-electron chi connectivity index (χ2n) is 6.42. The van der Waals surface area contributed by atoms with Crippen LogP contribution in [0.4, 0.5) is 0 Å². The standard InChI is InChI=1S/C21H22O3/c22-20-18(13-11-16-7-3-1-4-8-16)15-19(21(23)24-20)14-12-17-9-5-2-6-10-17/h1-10,18-19H,11-15H2/t18-,19-/m0/s1. The average Bonchev–Trinajstić information content (AvgIpc) is 2.62. The van der Waals surface area contributed by atoms with Crippen LogP contribution in [0.1, 0.15) is 30.4 Å². The highest BCUT2D eigenvalue weighted by molar-refractivity contribution is 5.90. The molecule has 2 atom stereocenters. The van der Waals surface area contributed by atoms with Crippen molar-refractivity contribution < 1.29 is 14.3 Å². The molecule has 3 rings (SSSR count). The molecule has 3 nitrogen and oxygen atoms in total. The molecule has 0 aromatic heterocycles. The number of carbonyl (C=O) groups excluding carboxylic acids is 2. The number of carbonyl (C=O) groups is 2. The molecular weight excluding hydrogens is 300 g/mol. The van der Waals surface area contributed by atoms with E-state index in [1.165, 1.54) is 11.1 Å². The summed E-state index contributed by atoms with van der Waals surface area (Å²) in [4.78, 5) is 24.0. The third-order valence-electron chi connectivity index (χ3n) is 4.69. The summed E-state index contributed by atoms with van der Waals surface area (Å²) >= 11 is 0. The third kappa shape index (κ3) is 4.31. The normalized spacial score (nSPS) is 20.7. The van der Waals surface area contributed by atoms with E-state index >= 15 is 0 Å². The van der Waals surface area contributed by atoms with Crippen molar-refractivity contribution in [3.8, 4) is 0 Å². The van der Waals surface area contributed by atoms with E-state index < -0.39 is 0 Å². The van der Waals surface area contributed by atoms with Crippen molar-refractivity contribution in [2.24, 2.45) is 11.8 Å². The molecule has 0 amide bonds. The molecule has 124 valence electrons. The summed E-state index contributed by atoms with van der Waals surface area (Å²) in [7, 11) is 0. The SMILES string of the molecule is O=C1OC(=O)[C@@H](CCc2ccccc2)C[C@@H]1CCc1ccccc1. The van der Waals surface area contributed by atoms with Crippen molar-refractivity contribution in [2.75, 3.05) is 0 Å². The minimum atomic E-state index is -0.355. The molecule has 24 heavy (non-hydrogen) atoms. The van der Waals surface area contributed by atoms with Gasteiger partial charge in [-0.25, -0.2) is 0 Å². The van der Waals surface area contributed by atoms with Crippen molar-refractivity contribution in [1.29, 1.82) is 0 Å². The van der Waals surface area contributed by atoms with E-state index in [4.69, 9.17) is 4.74 Å². The molecule has 2 aromatic rings. The topological polar surface area (TPSA) is 43.4 Å². The van der Waals surface area contributed by atoms with Crippen LogP contribution in [0.2, 0.25) is 0 Å². The Balaban J connectivity index is 1.55. The van der Waals surface area contributed by atoms with Crippen molar-refractivity contribution in [2.45, 2.75) is 32.1 Å². The fraction of sp³-hybridized carbons (Fsp3) is 0.333. The molecule has 1 aliphatic heterocycles. The van der Waals surface area contributed by atoms with Gasteiger partial charge in [0.2, 0.25) is 0 Å². The molecule has 1 heterocycles. The number of cyclic esters (lactones) is 2. The van der Waals surface area contributed by atoms with Crippen LogP contribution in [0.15, 0.2) is 60.7 Å². The Kier molecular flexibility index (Phi) is 5.42. The van der Waals surface area contributed by atoms with Crippen LogP contribution < -0.4 is 0 Å². The van der Waals surface area contributed by atoms with E-state index in [0.29, 0.717) is 6.42 Å². The molecule has 0 spiro atoms. The summed E-state index contributed by atoms with van der Waals surface area (Å²) in [5, 5.41) is 0. The van der Waals surface area contributed by atoms with E-state index in [1.54, 1.807) is 0 Å². The molecule has 0 N–H and O–H groups in total. The van der Waals surface area contributed by atoms with Gasteiger partial charge in [0.1, 0.15) is 0 Å². The van der Waals surface area contributed by atoms with Crippen LogP contribution >= 0.6 is 0 Å². The second kappa shape index (κ2) is 7.91. The second-order valence-corrected chi connectivity index (χ2v) is 6.42. The van der Waals surface area contributed by atoms with Crippen molar-refractivity contribution in [3.05, 3.63) is 71.8 Å². The fourth-order valence-corrected chi connectivity index (χ4v) is 3.24. The summed E-state index contributed by atoms with van der Waals surface area (Å²) < 4.78 is 5.01. The predicted molar refractivity (Wildman–Crippen MR) is 92.2 cm³/mol. The maximum Gasteiger partial charge on any atom is 0.316 e. The monoisotopic (exact) mass is 322 g/mol. The summed E-state index contributed by atoms with van der Waals surface area (Å²) in [5.74, 6) is -1.06. The van der Waals surface area contributed by atoms with Crippen molar-refractivity contribution >= 4 is 11.9 Å². The molecule has 0 saturated carbocycles. The van der Waals surface area contributed by atoms with E-state index in [9.17, 15) is 9.59 Å². The van der Waals surface area contributed by atoms with Gasteiger partial charge in [-0.1, -0.05) is 60.7 Å². The molecule has 1 aliphatic rings. The highest BCUT2D eigenvalue weighted by Gasteiger charge is 2.36. The largest absolute Gasteiger partial charge is 0.393 e. The number of hydrogen-bond donors (Lipinski definition) is 0. The van der Waals surface area contributed by atoms with E-state index in [2.05, 4.69) is 24.3 Å². The quantitative estimate of drug-likeness (QED) is 0.597. The maximum atomic E-state index is 12.0. The summed E-state index contributed by atoms with van der Waals surface area (Å²) in [6.07, 6.45) is 3.74. The lowest BCUT2D eigenvalue weighted by molar-refractivity contribution is -0.172. The van der Waals surface area contributed by atoms with Gasteiger partial charge >= 0.3 is 11.9 Å². The Hall–Kier alpha value is -2.42. The zero-order chi connectivity index (χ0) is 16.8. The first-order valence-electron chi connectivity index (χ1n) is 8.56. The number of ether oxygens (including phenoxy) is 1. The molecule has 0 bridgehead atoms. The molecular formula is C21H22O3. The van der Waals surface area contributed by atoms with E-state index in [0.717, 1.165) is 25.7 Å². The Bertz CT molecular complexity index is 619. The summed E-state index contributed by atoms with van der Waals surface area (Å²) in [5.41, 5.74) is 2.42. The summed E-state index contributed by atoms with van der Waals surface area (Å²) in [6.45, 7) is 0. The van der Waals surface area contributed by atoms with Gasteiger partial charge in [-0.15, -0.1) is 0 Å². The van der Waals surface area contributed by atoms with Gasteiger partial charge in [0.05, 0.1) is 11.8 Å². The predicted octanol–water partition coefficient (Wildman–Crippen LogP) is 3.96. The van der Waals surface area contributed by atoms with Crippen molar-refractivity contribution in [1.82, 2.24) is 0 Å². The van der Waals surface area contributed by atoms with Crippen LogP contribution in [-0.2, 0) is 27.2 Å². The zero-order valence-electron chi connectivity index (χ0n) is 13.7. The number of hydrogen-bond acceptors (Lipinski definition) is 3. The highest BCUT2D eigenvalue weighted by atomic mass is 16.6. The fourth-order valence-electron chi connectivity index (χ4n) is 3.24. The number of esters is 2. The van der Waals surface area contributed by atoms with Crippen LogP contribution in [0.5, 0.6) is 0 Å². The molecule has 2 aromatic carbocycles. The van der Waals surface area contributed by atoms with Gasteiger partial charge in [0.15, 0.2) is 0 Å². The minimum Gasteiger partial charge on any atom is -0.393 e. The molecule has 3 heteroatoms. The summed E-state index contributed by atoms with van der Waals surface area (Å²) in [6, 6.07) is 20.2. The van der Waals surface area contributed by atoms with Crippen LogP contribution in [0.3, 0.4) is 0 Å². The molecule has 0 unspecified atom stereocenters. The molecule has 1 saturated heterocycles. The Labute approximate surface area is 142 Å². The first kappa shape index (κ1) is 16.4. The first-order chi connectivity index (χ1) is 11.7. The number of benzene rings is 2. The molecule has 1 fully saturated rings. The minimum absolute atomic E-state index is 0.177. The average molecular weight is 322 g/mol. The Morgan fingerprint density at radius 3 is 1.54 bits per heavy atom. The van der Waals surface area contributed by atoms with Gasteiger partial charge in [-0.2, -0.15) is 0 Å². The lowest BCUT2D eigenvalue weighted by Crippen LogP contribution is -2.35. The first-order valence-corrected chi connectivity index (χ1v) is 8.56. The number of rotatable bonds is 6. The Morgan fingerprint density at radius 2 is 1.12 bits per heavy atom. The van der Waals surface area contributed by atoms with Crippen LogP contribution in [0, 0.1) is 11.8 Å². The van der Waals surface area contributed by atoms with Gasteiger partial charge in [0.25, 0.3) is 0 Å². The lowest BCUT2D eigenvalue weighted by atomic mass is 9.85. The number of aryl methyl sites for hydroxylation is 2. The van der Waals surface area contributed by atoms with Gasteiger partial charge < -0.3 is 4.74 Å². The van der Waals surface area contributed by atoms with E-state index in [-0.39, 0.29) is 23.8 Å². The van der Waals surface area contributed by atoms with Gasteiger partial charge in [0, 0.05) is 0 Å².